The third-order valence-electron chi connectivity index (χ3n) is 2.91. The number of halogens is 1. The SMILES string of the molecule is CCCc1c(Cl)ncnc1Oc1ccccc1CC. The second-order valence-corrected chi connectivity index (χ2v) is 4.62. The van der Waals surface area contributed by atoms with Crippen LogP contribution >= 0.6 is 11.6 Å². The van der Waals surface area contributed by atoms with Crippen molar-refractivity contribution in [2.45, 2.75) is 33.1 Å². The monoisotopic (exact) mass is 276 g/mol. The van der Waals surface area contributed by atoms with E-state index in [2.05, 4.69) is 29.9 Å². The van der Waals surface area contributed by atoms with Crippen LogP contribution in [0.5, 0.6) is 11.6 Å². The van der Waals surface area contributed by atoms with Gasteiger partial charge < -0.3 is 4.74 Å². The lowest BCUT2D eigenvalue weighted by atomic mass is 10.1. The van der Waals surface area contributed by atoms with E-state index in [0.717, 1.165) is 36.1 Å². The van der Waals surface area contributed by atoms with Crippen molar-refractivity contribution >= 4 is 11.6 Å². The smallest absolute Gasteiger partial charge is 0.227 e. The van der Waals surface area contributed by atoms with Crippen molar-refractivity contribution in [2.24, 2.45) is 0 Å². The topological polar surface area (TPSA) is 35.0 Å². The number of nitrogens with zero attached hydrogens (tertiary/aromatic N) is 2. The van der Waals surface area contributed by atoms with Crippen molar-refractivity contribution in [3.63, 3.8) is 0 Å². The van der Waals surface area contributed by atoms with Crippen molar-refractivity contribution in [2.75, 3.05) is 0 Å². The summed E-state index contributed by atoms with van der Waals surface area (Å²) in [6.45, 7) is 4.19. The standard InChI is InChI=1S/C15H17ClN2O/c1-3-7-12-14(16)17-10-18-15(12)19-13-9-6-5-8-11(13)4-2/h5-6,8-10H,3-4,7H2,1-2H3. The van der Waals surface area contributed by atoms with Gasteiger partial charge in [0.25, 0.3) is 0 Å². The zero-order valence-corrected chi connectivity index (χ0v) is 11.9. The molecule has 19 heavy (non-hydrogen) atoms. The Morgan fingerprint density at radius 1 is 1.16 bits per heavy atom. The molecular weight excluding hydrogens is 260 g/mol. The Labute approximate surface area is 118 Å². The van der Waals surface area contributed by atoms with Crippen LogP contribution in [0.25, 0.3) is 0 Å². The summed E-state index contributed by atoms with van der Waals surface area (Å²) < 4.78 is 5.93. The summed E-state index contributed by atoms with van der Waals surface area (Å²) in [7, 11) is 0. The van der Waals surface area contributed by atoms with E-state index < -0.39 is 0 Å². The maximum Gasteiger partial charge on any atom is 0.227 e. The highest BCUT2D eigenvalue weighted by atomic mass is 35.5. The fourth-order valence-electron chi connectivity index (χ4n) is 1.92. The minimum atomic E-state index is 0.473. The number of hydrogen-bond donors (Lipinski definition) is 0. The van der Waals surface area contributed by atoms with Crippen LogP contribution in [-0.2, 0) is 12.8 Å². The molecule has 2 aromatic rings. The molecule has 0 atom stereocenters. The minimum absolute atomic E-state index is 0.473. The quantitative estimate of drug-likeness (QED) is 0.758. The Bertz CT molecular complexity index is 558. The highest BCUT2D eigenvalue weighted by Crippen LogP contribution is 2.30. The molecule has 0 radical (unpaired) electrons. The molecular formula is C15H17ClN2O. The van der Waals surface area contributed by atoms with Crippen molar-refractivity contribution in [3.8, 4) is 11.6 Å². The molecule has 0 aliphatic heterocycles. The average molecular weight is 277 g/mol. The van der Waals surface area contributed by atoms with Gasteiger partial charge in [-0.15, -0.1) is 0 Å². The van der Waals surface area contributed by atoms with Gasteiger partial charge in [0.1, 0.15) is 17.2 Å². The largest absolute Gasteiger partial charge is 0.438 e. The Hall–Kier alpha value is -1.61. The van der Waals surface area contributed by atoms with E-state index in [1.54, 1.807) is 0 Å². The molecule has 0 saturated heterocycles. The van der Waals surface area contributed by atoms with E-state index in [9.17, 15) is 0 Å². The van der Waals surface area contributed by atoms with E-state index >= 15 is 0 Å². The zero-order chi connectivity index (χ0) is 13.7. The lowest BCUT2D eigenvalue weighted by Gasteiger charge is -2.12. The molecule has 0 saturated carbocycles. The molecule has 1 aromatic heterocycles. The number of hydrogen-bond acceptors (Lipinski definition) is 3. The van der Waals surface area contributed by atoms with Gasteiger partial charge in [0.2, 0.25) is 5.88 Å². The molecule has 1 aromatic carbocycles. The van der Waals surface area contributed by atoms with Crippen molar-refractivity contribution < 1.29 is 4.74 Å². The van der Waals surface area contributed by atoms with Gasteiger partial charge in [-0.05, 0) is 24.5 Å². The van der Waals surface area contributed by atoms with Gasteiger partial charge in [0.15, 0.2) is 0 Å². The maximum atomic E-state index is 6.12. The Balaban J connectivity index is 2.35. The summed E-state index contributed by atoms with van der Waals surface area (Å²) in [4.78, 5) is 8.23. The molecule has 0 N–H and O–H groups in total. The second kappa shape index (κ2) is 6.53. The predicted molar refractivity (Wildman–Crippen MR) is 76.9 cm³/mol. The highest BCUT2D eigenvalue weighted by molar-refractivity contribution is 6.30. The van der Waals surface area contributed by atoms with Gasteiger partial charge in [-0.2, -0.15) is 0 Å². The highest BCUT2D eigenvalue weighted by Gasteiger charge is 2.12. The molecule has 0 aliphatic carbocycles. The number of benzene rings is 1. The molecule has 2 rings (SSSR count). The van der Waals surface area contributed by atoms with E-state index in [-0.39, 0.29) is 0 Å². The number of aryl methyl sites for hydroxylation is 1. The molecule has 0 amide bonds. The fraction of sp³-hybridized carbons (Fsp3) is 0.333. The van der Waals surface area contributed by atoms with E-state index in [0.29, 0.717) is 11.0 Å². The average Bonchev–Trinajstić information content (AvgIpc) is 2.43. The summed E-state index contributed by atoms with van der Waals surface area (Å²) in [6.07, 6.45) is 4.13. The molecule has 0 fully saturated rings. The molecule has 0 bridgehead atoms. The normalized spacial score (nSPS) is 10.5. The molecule has 1 heterocycles. The van der Waals surface area contributed by atoms with Crippen LogP contribution in [-0.4, -0.2) is 9.97 Å². The first-order chi connectivity index (χ1) is 9.26. The van der Waals surface area contributed by atoms with Crippen LogP contribution in [0.15, 0.2) is 30.6 Å². The van der Waals surface area contributed by atoms with Gasteiger partial charge in [-0.3, -0.25) is 0 Å². The first-order valence-electron chi connectivity index (χ1n) is 6.51. The Morgan fingerprint density at radius 2 is 1.95 bits per heavy atom. The van der Waals surface area contributed by atoms with Gasteiger partial charge in [-0.25, -0.2) is 9.97 Å². The third-order valence-corrected chi connectivity index (χ3v) is 3.24. The van der Waals surface area contributed by atoms with Crippen molar-refractivity contribution in [1.82, 2.24) is 9.97 Å². The van der Waals surface area contributed by atoms with E-state index in [4.69, 9.17) is 16.3 Å². The maximum absolute atomic E-state index is 6.12. The van der Waals surface area contributed by atoms with Crippen LogP contribution in [0, 0.1) is 0 Å². The molecule has 0 spiro atoms. The number of ether oxygens (including phenoxy) is 1. The van der Waals surface area contributed by atoms with Crippen molar-refractivity contribution in [1.29, 1.82) is 0 Å². The second-order valence-electron chi connectivity index (χ2n) is 4.26. The van der Waals surface area contributed by atoms with Crippen LogP contribution in [0.4, 0.5) is 0 Å². The van der Waals surface area contributed by atoms with Crippen LogP contribution in [0.1, 0.15) is 31.4 Å². The number of aromatic nitrogens is 2. The first kappa shape index (κ1) is 13.8. The first-order valence-corrected chi connectivity index (χ1v) is 6.89. The van der Waals surface area contributed by atoms with Gasteiger partial charge in [0, 0.05) is 0 Å². The zero-order valence-electron chi connectivity index (χ0n) is 11.2. The Kier molecular flexibility index (Phi) is 4.74. The van der Waals surface area contributed by atoms with Crippen LogP contribution in [0.3, 0.4) is 0 Å². The summed E-state index contributed by atoms with van der Waals surface area (Å²) in [5.41, 5.74) is 2.03. The third kappa shape index (κ3) is 3.24. The van der Waals surface area contributed by atoms with Crippen molar-refractivity contribution in [3.05, 3.63) is 46.9 Å². The Morgan fingerprint density at radius 3 is 2.68 bits per heavy atom. The summed E-state index contributed by atoms with van der Waals surface area (Å²) >= 11 is 6.12. The lowest BCUT2D eigenvalue weighted by Crippen LogP contribution is -1.99. The number of rotatable bonds is 5. The fourth-order valence-corrected chi connectivity index (χ4v) is 2.14. The lowest BCUT2D eigenvalue weighted by molar-refractivity contribution is 0.449. The molecule has 4 heteroatoms. The van der Waals surface area contributed by atoms with Gasteiger partial charge >= 0.3 is 0 Å². The summed E-state index contributed by atoms with van der Waals surface area (Å²) in [5.74, 6) is 1.39. The minimum Gasteiger partial charge on any atom is -0.438 e. The molecule has 0 aliphatic rings. The summed E-state index contributed by atoms with van der Waals surface area (Å²) in [6, 6.07) is 7.96. The molecule has 3 nitrogen and oxygen atoms in total. The number of para-hydroxylation sites is 1. The predicted octanol–water partition coefficient (Wildman–Crippen LogP) is 4.44. The van der Waals surface area contributed by atoms with E-state index in [1.807, 2.05) is 18.2 Å². The summed E-state index contributed by atoms with van der Waals surface area (Å²) in [5, 5.41) is 0.473. The van der Waals surface area contributed by atoms with Gasteiger partial charge in [-0.1, -0.05) is 50.1 Å². The van der Waals surface area contributed by atoms with Crippen LogP contribution in [0.2, 0.25) is 5.15 Å². The van der Waals surface area contributed by atoms with E-state index in [1.165, 1.54) is 6.33 Å². The molecule has 0 unspecified atom stereocenters. The van der Waals surface area contributed by atoms with Crippen LogP contribution < -0.4 is 4.74 Å². The molecule has 100 valence electrons. The van der Waals surface area contributed by atoms with Gasteiger partial charge in [0.05, 0.1) is 5.56 Å².